The highest BCUT2D eigenvalue weighted by Gasteiger charge is 2.39. The van der Waals surface area contributed by atoms with Crippen LogP contribution in [0, 0.1) is 6.92 Å². The SMILES string of the molecule is Cc1cc2c(cc1C1CCC(=Cc3cc(C=C4CCC(c5ccc6c(c5)C(C)(C)CCC6(C)C)C4)ccc3C(=O)O)C1)C(C)(C)CCC2(C)C. The third-order valence-electron chi connectivity index (χ3n) is 13.7. The van der Waals surface area contributed by atoms with E-state index < -0.39 is 5.97 Å². The van der Waals surface area contributed by atoms with E-state index in [1.54, 1.807) is 5.56 Å². The third kappa shape index (κ3) is 6.46. The van der Waals surface area contributed by atoms with E-state index in [0.29, 0.717) is 17.4 Å². The molecule has 2 saturated carbocycles. The van der Waals surface area contributed by atoms with Crippen LogP contribution in [0.4, 0.5) is 0 Å². The Balaban J connectivity index is 1.12. The number of fused-ring (bicyclic) bond motifs is 2. The van der Waals surface area contributed by atoms with E-state index in [9.17, 15) is 9.90 Å². The monoisotopic (exact) mass is 668 g/mol. The van der Waals surface area contributed by atoms with Gasteiger partial charge in [-0.25, -0.2) is 4.79 Å². The van der Waals surface area contributed by atoms with Crippen LogP contribution in [-0.2, 0) is 21.7 Å². The van der Waals surface area contributed by atoms with Gasteiger partial charge in [-0.1, -0.05) is 115 Å². The quantitative estimate of drug-likeness (QED) is 0.294. The molecule has 4 aliphatic rings. The summed E-state index contributed by atoms with van der Waals surface area (Å²) in [6, 6.07) is 18.4. The lowest BCUT2D eigenvalue weighted by Gasteiger charge is -2.42. The summed E-state index contributed by atoms with van der Waals surface area (Å²) in [5, 5.41) is 10.2. The van der Waals surface area contributed by atoms with Gasteiger partial charge in [-0.15, -0.1) is 0 Å². The molecule has 2 nitrogen and oxygen atoms in total. The van der Waals surface area contributed by atoms with Crippen molar-refractivity contribution in [3.8, 4) is 0 Å². The molecule has 0 spiro atoms. The lowest BCUT2D eigenvalue weighted by molar-refractivity contribution is 0.0696. The molecule has 0 saturated heterocycles. The van der Waals surface area contributed by atoms with Crippen molar-refractivity contribution in [2.24, 2.45) is 0 Å². The van der Waals surface area contributed by atoms with Crippen molar-refractivity contribution in [3.05, 3.63) is 115 Å². The highest BCUT2D eigenvalue weighted by atomic mass is 16.4. The van der Waals surface area contributed by atoms with E-state index in [0.717, 1.165) is 43.2 Å². The Labute approximate surface area is 302 Å². The summed E-state index contributed by atoms with van der Waals surface area (Å²) in [7, 11) is 0. The Morgan fingerprint density at radius 3 is 1.82 bits per heavy atom. The minimum absolute atomic E-state index is 0.198. The van der Waals surface area contributed by atoms with Crippen LogP contribution in [0.25, 0.3) is 12.2 Å². The van der Waals surface area contributed by atoms with Gasteiger partial charge in [0.15, 0.2) is 0 Å². The van der Waals surface area contributed by atoms with Gasteiger partial charge < -0.3 is 5.11 Å². The number of hydrogen-bond donors (Lipinski definition) is 1. The number of carboxylic acid groups (broad SMARTS) is 1. The van der Waals surface area contributed by atoms with Crippen molar-refractivity contribution in [2.45, 2.75) is 160 Å². The van der Waals surface area contributed by atoms with Crippen LogP contribution in [0.2, 0.25) is 0 Å². The molecule has 4 aliphatic carbocycles. The Kier molecular flexibility index (Phi) is 8.68. The topological polar surface area (TPSA) is 37.3 Å². The van der Waals surface area contributed by atoms with E-state index in [-0.39, 0.29) is 21.7 Å². The first-order valence-electron chi connectivity index (χ1n) is 19.5. The summed E-state index contributed by atoms with van der Waals surface area (Å²) in [4.78, 5) is 12.4. The summed E-state index contributed by atoms with van der Waals surface area (Å²) in [6.45, 7) is 21.6. The number of benzene rings is 3. The van der Waals surface area contributed by atoms with Gasteiger partial charge >= 0.3 is 5.97 Å². The fourth-order valence-corrected chi connectivity index (χ4v) is 10.1. The molecule has 2 atom stereocenters. The van der Waals surface area contributed by atoms with Crippen LogP contribution >= 0.6 is 0 Å². The molecular formula is C48H60O2. The van der Waals surface area contributed by atoms with Gasteiger partial charge in [0.2, 0.25) is 0 Å². The third-order valence-corrected chi connectivity index (χ3v) is 13.7. The maximum atomic E-state index is 12.4. The van der Waals surface area contributed by atoms with E-state index >= 15 is 0 Å². The van der Waals surface area contributed by atoms with Gasteiger partial charge in [-0.05, 0) is 167 Å². The summed E-state index contributed by atoms with van der Waals surface area (Å²) >= 11 is 0. The van der Waals surface area contributed by atoms with Crippen molar-refractivity contribution in [1.82, 2.24) is 0 Å². The fourth-order valence-electron chi connectivity index (χ4n) is 10.1. The van der Waals surface area contributed by atoms with Gasteiger partial charge in [0.1, 0.15) is 0 Å². The van der Waals surface area contributed by atoms with Crippen molar-refractivity contribution < 1.29 is 9.90 Å². The first-order valence-corrected chi connectivity index (χ1v) is 19.5. The molecule has 0 aromatic heterocycles. The molecule has 264 valence electrons. The van der Waals surface area contributed by atoms with Gasteiger partial charge in [-0.2, -0.15) is 0 Å². The second-order valence-corrected chi connectivity index (χ2v) is 19.2. The predicted molar refractivity (Wildman–Crippen MR) is 211 cm³/mol. The summed E-state index contributed by atoms with van der Waals surface area (Å²) in [5.41, 5.74) is 16.7. The normalized spacial score (nSPS) is 26.2. The zero-order valence-corrected chi connectivity index (χ0v) is 32.4. The largest absolute Gasteiger partial charge is 0.478 e. The molecule has 3 aromatic rings. The minimum atomic E-state index is -0.847. The zero-order chi connectivity index (χ0) is 35.8. The van der Waals surface area contributed by atoms with Gasteiger partial charge in [0, 0.05) is 0 Å². The van der Waals surface area contributed by atoms with Gasteiger partial charge in [0.05, 0.1) is 5.56 Å². The predicted octanol–water partition coefficient (Wildman–Crippen LogP) is 13.1. The molecular weight excluding hydrogens is 609 g/mol. The first-order chi connectivity index (χ1) is 23.4. The summed E-state index contributed by atoms with van der Waals surface area (Å²) < 4.78 is 0. The average molecular weight is 669 g/mol. The van der Waals surface area contributed by atoms with Crippen molar-refractivity contribution in [3.63, 3.8) is 0 Å². The smallest absolute Gasteiger partial charge is 0.336 e. The Morgan fingerprint density at radius 2 is 1.18 bits per heavy atom. The number of rotatable bonds is 5. The van der Waals surface area contributed by atoms with Crippen LogP contribution in [0.1, 0.15) is 192 Å². The van der Waals surface area contributed by atoms with E-state index in [1.165, 1.54) is 76.6 Å². The number of aryl methyl sites for hydroxylation is 1. The fraction of sp³-hybridized carbons (Fsp3) is 0.521. The van der Waals surface area contributed by atoms with Crippen molar-refractivity contribution in [1.29, 1.82) is 0 Å². The van der Waals surface area contributed by atoms with Crippen LogP contribution < -0.4 is 0 Å². The van der Waals surface area contributed by atoms with Gasteiger partial charge in [0.25, 0.3) is 0 Å². The Morgan fingerprint density at radius 1 is 0.640 bits per heavy atom. The van der Waals surface area contributed by atoms with Crippen LogP contribution in [0.3, 0.4) is 0 Å². The zero-order valence-electron chi connectivity index (χ0n) is 32.4. The maximum Gasteiger partial charge on any atom is 0.336 e. The number of carbonyl (C=O) groups is 1. The second-order valence-electron chi connectivity index (χ2n) is 19.2. The van der Waals surface area contributed by atoms with Gasteiger partial charge in [-0.3, -0.25) is 0 Å². The van der Waals surface area contributed by atoms with E-state index in [2.05, 4.69) is 111 Å². The van der Waals surface area contributed by atoms with Crippen LogP contribution in [0.15, 0.2) is 59.7 Å². The molecule has 2 heteroatoms. The summed E-state index contributed by atoms with van der Waals surface area (Å²) in [6.07, 6.45) is 16.0. The Hall–Kier alpha value is -3.39. The Bertz CT molecular complexity index is 1910. The highest BCUT2D eigenvalue weighted by molar-refractivity contribution is 5.93. The molecule has 0 bridgehead atoms. The van der Waals surface area contributed by atoms with Crippen LogP contribution in [-0.4, -0.2) is 11.1 Å². The molecule has 7 rings (SSSR count). The number of hydrogen-bond acceptors (Lipinski definition) is 1. The second kappa shape index (κ2) is 12.4. The molecule has 50 heavy (non-hydrogen) atoms. The summed E-state index contributed by atoms with van der Waals surface area (Å²) in [5.74, 6) is 0.188. The molecule has 0 amide bonds. The number of carboxylic acids is 1. The van der Waals surface area contributed by atoms with Crippen LogP contribution in [0.5, 0.6) is 0 Å². The van der Waals surface area contributed by atoms with E-state index in [4.69, 9.17) is 0 Å². The number of aromatic carboxylic acids is 1. The standard InChI is InChI=1S/C48H60O2/c1-30-22-41-43(48(8,9)21-20-46(41,4)5)29-39(30)36-14-11-33(25-36)27-37-26-32(12-16-38(37)44(49)50)23-31-10-13-34(24-31)35-15-17-40-42(28-35)47(6,7)19-18-45(40,2)3/h12,15-17,22-23,26-29,34,36H,10-11,13-14,18-21,24-25H2,1-9H3,(H,49,50). The lowest BCUT2D eigenvalue weighted by atomic mass is 9.62. The lowest BCUT2D eigenvalue weighted by Crippen LogP contribution is -2.34. The van der Waals surface area contributed by atoms with Crippen molar-refractivity contribution >= 4 is 18.1 Å². The van der Waals surface area contributed by atoms with E-state index in [1.807, 2.05) is 12.1 Å². The molecule has 0 radical (unpaired) electrons. The highest BCUT2D eigenvalue weighted by Crippen LogP contribution is 2.50. The first kappa shape index (κ1) is 35.0. The molecule has 0 aliphatic heterocycles. The maximum absolute atomic E-state index is 12.4. The molecule has 2 unspecified atom stereocenters. The molecule has 2 fully saturated rings. The minimum Gasteiger partial charge on any atom is -0.478 e. The molecule has 3 aromatic carbocycles. The molecule has 0 heterocycles. The average Bonchev–Trinajstić information content (AvgIpc) is 3.71. The van der Waals surface area contributed by atoms with Crippen molar-refractivity contribution in [2.75, 3.05) is 0 Å². The number of allylic oxidation sites excluding steroid dienone is 2. The molecule has 1 N–H and O–H groups in total.